The van der Waals surface area contributed by atoms with E-state index >= 15 is 0 Å². The van der Waals surface area contributed by atoms with Crippen LogP contribution in [0.5, 0.6) is 0 Å². The highest BCUT2D eigenvalue weighted by Gasteiger charge is 2.10. The van der Waals surface area contributed by atoms with E-state index in [0.29, 0.717) is 6.54 Å². The van der Waals surface area contributed by atoms with Crippen molar-refractivity contribution >= 4 is 31.9 Å². The quantitative estimate of drug-likeness (QED) is 0.689. The van der Waals surface area contributed by atoms with E-state index in [-0.39, 0.29) is 11.9 Å². The maximum absolute atomic E-state index is 13.3. The summed E-state index contributed by atoms with van der Waals surface area (Å²) in [5.74, 6) is -0.207. The molecule has 1 N–H and O–H groups in total. The molecule has 0 heterocycles. The Hall–Kier alpha value is -0.710. The summed E-state index contributed by atoms with van der Waals surface area (Å²) < 4.78 is 15.3. The van der Waals surface area contributed by atoms with Gasteiger partial charge < -0.3 is 5.32 Å². The minimum absolute atomic E-state index is 0.207. The highest BCUT2D eigenvalue weighted by molar-refractivity contribution is 9.10. The van der Waals surface area contributed by atoms with Gasteiger partial charge in [-0.25, -0.2) is 4.39 Å². The Morgan fingerprint density at radius 2 is 1.80 bits per heavy atom. The van der Waals surface area contributed by atoms with Crippen molar-refractivity contribution < 1.29 is 4.39 Å². The molecule has 2 aromatic rings. The van der Waals surface area contributed by atoms with E-state index in [9.17, 15) is 4.39 Å². The fraction of sp³-hybridized carbons (Fsp3) is 0.250. The second-order valence-electron chi connectivity index (χ2n) is 4.63. The molecule has 2 aromatic carbocycles. The molecule has 1 nitrogen and oxygen atoms in total. The van der Waals surface area contributed by atoms with Gasteiger partial charge >= 0.3 is 0 Å². The molecule has 1 unspecified atom stereocenters. The summed E-state index contributed by atoms with van der Waals surface area (Å²) in [5, 5.41) is 3.48. The lowest BCUT2D eigenvalue weighted by molar-refractivity contribution is 0.516. The van der Waals surface area contributed by atoms with E-state index in [1.807, 2.05) is 12.1 Å². The van der Waals surface area contributed by atoms with Crippen LogP contribution in [0.4, 0.5) is 4.39 Å². The molecule has 0 fully saturated rings. The standard InChI is InChI=1S/C16H16Br2FN/c1-2-16(11-3-5-13(17)6-4-11)20-10-12-9-14(19)7-8-15(12)18/h3-9,16,20H,2,10H2,1H3. The molecule has 106 valence electrons. The molecule has 0 aromatic heterocycles. The van der Waals surface area contributed by atoms with Crippen LogP contribution in [-0.4, -0.2) is 0 Å². The van der Waals surface area contributed by atoms with Crippen LogP contribution in [0, 0.1) is 5.82 Å². The van der Waals surface area contributed by atoms with E-state index in [1.54, 1.807) is 12.1 Å². The first-order valence-corrected chi connectivity index (χ1v) is 8.11. The lowest BCUT2D eigenvalue weighted by Gasteiger charge is -2.18. The highest BCUT2D eigenvalue weighted by atomic mass is 79.9. The summed E-state index contributed by atoms with van der Waals surface area (Å²) in [6.45, 7) is 2.77. The van der Waals surface area contributed by atoms with Gasteiger partial charge in [-0.15, -0.1) is 0 Å². The number of nitrogens with one attached hydrogen (secondary N) is 1. The fourth-order valence-electron chi connectivity index (χ4n) is 2.10. The van der Waals surface area contributed by atoms with Crippen LogP contribution in [0.15, 0.2) is 51.4 Å². The Kier molecular flexibility index (Phi) is 5.75. The van der Waals surface area contributed by atoms with Crippen LogP contribution >= 0.6 is 31.9 Å². The minimum atomic E-state index is -0.207. The zero-order valence-corrected chi connectivity index (χ0v) is 14.3. The molecule has 0 aliphatic carbocycles. The third-order valence-corrected chi connectivity index (χ3v) is 4.53. The summed E-state index contributed by atoms with van der Waals surface area (Å²) in [7, 11) is 0. The SMILES string of the molecule is CCC(NCc1cc(F)ccc1Br)c1ccc(Br)cc1. The molecule has 0 radical (unpaired) electrons. The Bertz CT molecular complexity index is 569. The van der Waals surface area contributed by atoms with Crippen molar-refractivity contribution in [1.82, 2.24) is 5.32 Å². The molecule has 0 amide bonds. The summed E-state index contributed by atoms with van der Waals surface area (Å²) >= 11 is 6.90. The molecular weight excluding hydrogens is 385 g/mol. The number of rotatable bonds is 5. The Morgan fingerprint density at radius 3 is 2.45 bits per heavy atom. The van der Waals surface area contributed by atoms with Crippen molar-refractivity contribution in [3.63, 3.8) is 0 Å². The van der Waals surface area contributed by atoms with Gasteiger partial charge in [0.05, 0.1) is 0 Å². The van der Waals surface area contributed by atoms with E-state index in [1.165, 1.54) is 11.6 Å². The number of hydrogen-bond acceptors (Lipinski definition) is 1. The molecule has 20 heavy (non-hydrogen) atoms. The summed E-state index contributed by atoms with van der Waals surface area (Å²) in [6.07, 6.45) is 0.981. The average Bonchev–Trinajstić information content (AvgIpc) is 2.45. The number of hydrogen-bond donors (Lipinski definition) is 1. The van der Waals surface area contributed by atoms with Gasteiger partial charge in [0.2, 0.25) is 0 Å². The van der Waals surface area contributed by atoms with Crippen molar-refractivity contribution in [1.29, 1.82) is 0 Å². The average molecular weight is 401 g/mol. The molecular formula is C16H16Br2FN. The van der Waals surface area contributed by atoms with Crippen LogP contribution in [0.2, 0.25) is 0 Å². The second kappa shape index (κ2) is 7.34. The molecule has 0 saturated heterocycles. The normalized spacial score (nSPS) is 12.4. The molecule has 0 saturated carbocycles. The third kappa shape index (κ3) is 4.14. The van der Waals surface area contributed by atoms with Crippen molar-refractivity contribution in [2.45, 2.75) is 25.9 Å². The zero-order valence-electron chi connectivity index (χ0n) is 11.2. The van der Waals surface area contributed by atoms with Gasteiger partial charge in [0, 0.05) is 21.5 Å². The summed E-state index contributed by atoms with van der Waals surface area (Å²) in [5.41, 5.74) is 2.17. The first kappa shape index (κ1) is 15.7. The van der Waals surface area contributed by atoms with Gasteiger partial charge in [0.25, 0.3) is 0 Å². The Morgan fingerprint density at radius 1 is 1.10 bits per heavy atom. The van der Waals surface area contributed by atoms with Gasteiger partial charge in [0.1, 0.15) is 5.82 Å². The number of benzene rings is 2. The van der Waals surface area contributed by atoms with Gasteiger partial charge in [0.15, 0.2) is 0 Å². The molecule has 0 aliphatic heterocycles. The first-order valence-electron chi connectivity index (χ1n) is 6.53. The largest absolute Gasteiger partial charge is 0.306 e. The molecule has 0 bridgehead atoms. The maximum Gasteiger partial charge on any atom is 0.123 e. The van der Waals surface area contributed by atoms with E-state index < -0.39 is 0 Å². The van der Waals surface area contributed by atoms with Gasteiger partial charge in [-0.1, -0.05) is 50.9 Å². The highest BCUT2D eigenvalue weighted by Crippen LogP contribution is 2.22. The maximum atomic E-state index is 13.3. The molecule has 0 spiro atoms. The lowest BCUT2D eigenvalue weighted by Crippen LogP contribution is -2.20. The lowest BCUT2D eigenvalue weighted by atomic mass is 10.0. The minimum Gasteiger partial charge on any atom is -0.306 e. The fourth-order valence-corrected chi connectivity index (χ4v) is 2.76. The van der Waals surface area contributed by atoms with Gasteiger partial charge in [-0.3, -0.25) is 0 Å². The van der Waals surface area contributed by atoms with Gasteiger partial charge in [-0.05, 0) is 47.9 Å². The van der Waals surface area contributed by atoms with Crippen molar-refractivity contribution in [2.24, 2.45) is 0 Å². The zero-order chi connectivity index (χ0) is 14.5. The second-order valence-corrected chi connectivity index (χ2v) is 6.40. The van der Waals surface area contributed by atoms with E-state index in [2.05, 4.69) is 56.2 Å². The van der Waals surface area contributed by atoms with Crippen LogP contribution in [0.3, 0.4) is 0 Å². The summed E-state index contributed by atoms with van der Waals surface area (Å²) in [6, 6.07) is 13.3. The van der Waals surface area contributed by atoms with Crippen molar-refractivity contribution in [3.8, 4) is 0 Å². The predicted molar refractivity (Wildman–Crippen MR) is 88.1 cm³/mol. The van der Waals surface area contributed by atoms with E-state index in [4.69, 9.17) is 0 Å². The first-order chi connectivity index (χ1) is 9.60. The van der Waals surface area contributed by atoms with E-state index in [0.717, 1.165) is 20.9 Å². The molecule has 4 heteroatoms. The van der Waals surface area contributed by atoms with Crippen LogP contribution in [-0.2, 0) is 6.54 Å². The van der Waals surface area contributed by atoms with Crippen LogP contribution in [0.25, 0.3) is 0 Å². The Balaban J connectivity index is 2.07. The van der Waals surface area contributed by atoms with Gasteiger partial charge in [-0.2, -0.15) is 0 Å². The third-order valence-electron chi connectivity index (χ3n) is 3.23. The van der Waals surface area contributed by atoms with Crippen molar-refractivity contribution in [2.75, 3.05) is 0 Å². The van der Waals surface area contributed by atoms with Crippen LogP contribution < -0.4 is 5.32 Å². The monoisotopic (exact) mass is 399 g/mol. The Labute approximate surface area is 135 Å². The molecule has 0 aliphatic rings. The summed E-state index contributed by atoms with van der Waals surface area (Å²) in [4.78, 5) is 0. The number of halogens is 3. The topological polar surface area (TPSA) is 12.0 Å². The molecule has 2 rings (SSSR count). The smallest absolute Gasteiger partial charge is 0.123 e. The van der Waals surface area contributed by atoms with Crippen LogP contribution in [0.1, 0.15) is 30.5 Å². The predicted octanol–water partition coefficient (Wildman–Crippen LogP) is 5.59. The molecule has 1 atom stereocenters. The van der Waals surface area contributed by atoms with Crippen molar-refractivity contribution in [3.05, 3.63) is 68.4 Å².